The maximum Gasteiger partial charge on any atom is 0.332 e. The molecule has 1 amide bonds. The molecule has 0 saturated carbocycles. The third-order valence-electron chi connectivity index (χ3n) is 4.13. The number of carbonyl (C=O) groups is 1. The van der Waals surface area contributed by atoms with Gasteiger partial charge in [-0.1, -0.05) is 22.9 Å². The van der Waals surface area contributed by atoms with E-state index in [2.05, 4.69) is 15.3 Å². The van der Waals surface area contributed by atoms with Gasteiger partial charge in [-0.05, 0) is 18.2 Å². The van der Waals surface area contributed by atoms with Crippen LogP contribution in [-0.2, 0) is 25.4 Å². The van der Waals surface area contributed by atoms with Gasteiger partial charge in [-0.3, -0.25) is 18.7 Å². The molecule has 0 radical (unpaired) electrons. The standard InChI is InChI=1S/C16H13ClN6O3S/c1-21-13-12(14(25)22(2)16(21)26)23(7-18-13)6-11(24)20-15-19-9-4-3-8(17)5-10(9)27-15/h3-5,7H,6H2,1-2H3,(H,19,20,24). The molecular formula is C16H13ClN6O3S. The SMILES string of the molecule is Cn1c(=O)c2c(ncn2CC(=O)Nc2nc3ccc(Cl)cc3s2)n(C)c1=O. The van der Waals surface area contributed by atoms with E-state index in [4.69, 9.17) is 11.6 Å². The van der Waals surface area contributed by atoms with Crippen LogP contribution in [0.25, 0.3) is 21.4 Å². The Morgan fingerprint density at radius 1 is 1.26 bits per heavy atom. The quantitative estimate of drug-likeness (QED) is 0.555. The molecule has 0 bridgehead atoms. The lowest BCUT2D eigenvalue weighted by atomic mass is 10.3. The van der Waals surface area contributed by atoms with Crippen molar-refractivity contribution < 1.29 is 4.79 Å². The summed E-state index contributed by atoms with van der Waals surface area (Å²) in [5.41, 5.74) is 0.163. The largest absolute Gasteiger partial charge is 0.332 e. The Bertz CT molecular complexity index is 1330. The van der Waals surface area contributed by atoms with Crippen molar-refractivity contribution in [1.82, 2.24) is 23.7 Å². The number of aryl methyl sites for hydroxylation is 1. The highest BCUT2D eigenvalue weighted by Gasteiger charge is 2.16. The molecule has 4 aromatic rings. The molecule has 0 atom stereocenters. The summed E-state index contributed by atoms with van der Waals surface area (Å²) in [6.45, 7) is -0.138. The average Bonchev–Trinajstić information content (AvgIpc) is 3.21. The van der Waals surface area contributed by atoms with Crippen LogP contribution >= 0.6 is 22.9 Å². The monoisotopic (exact) mass is 404 g/mol. The fourth-order valence-electron chi connectivity index (χ4n) is 2.78. The van der Waals surface area contributed by atoms with Gasteiger partial charge in [-0.15, -0.1) is 0 Å². The lowest BCUT2D eigenvalue weighted by Gasteiger charge is -2.06. The summed E-state index contributed by atoms with van der Waals surface area (Å²) < 4.78 is 4.52. The number of aromatic nitrogens is 5. The van der Waals surface area contributed by atoms with Crippen molar-refractivity contribution in [2.45, 2.75) is 6.54 Å². The van der Waals surface area contributed by atoms with Gasteiger partial charge in [0.15, 0.2) is 16.3 Å². The number of nitrogens with one attached hydrogen (secondary N) is 1. The summed E-state index contributed by atoms with van der Waals surface area (Å²) in [7, 11) is 2.90. The number of fused-ring (bicyclic) bond motifs is 2. The first-order chi connectivity index (χ1) is 12.8. The minimum absolute atomic E-state index is 0.138. The topological polar surface area (TPSA) is 104 Å². The van der Waals surface area contributed by atoms with Crippen LogP contribution in [0, 0.1) is 0 Å². The molecule has 27 heavy (non-hydrogen) atoms. The molecule has 0 aliphatic carbocycles. The van der Waals surface area contributed by atoms with Gasteiger partial charge in [0.25, 0.3) is 5.56 Å². The van der Waals surface area contributed by atoms with Gasteiger partial charge in [-0.2, -0.15) is 0 Å². The number of rotatable bonds is 3. The van der Waals surface area contributed by atoms with E-state index >= 15 is 0 Å². The minimum atomic E-state index is -0.506. The van der Waals surface area contributed by atoms with E-state index in [-0.39, 0.29) is 23.6 Å². The summed E-state index contributed by atoms with van der Waals surface area (Å²) >= 11 is 7.26. The number of anilines is 1. The van der Waals surface area contributed by atoms with E-state index in [0.717, 1.165) is 14.8 Å². The Hall–Kier alpha value is -2.98. The van der Waals surface area contributed by atoms with E-state index in [1.165, 1.54) is 40.9 Å². The van der Waals surface area contributed by atoms with Gasteiger partial charge >= 0.3 is 5.69 Å². The number of amides is 1. The predicted molar refractivity (Wildman–Crippen MR) is 103 cm³/mol. The zero-order valence-electron chi connectivity index (χ0n) is 14.3. The number of nitrogens with zero attached hydrogens (tertiary/aromatic N) is 5. The van der Waals surface area contributed by atoms with Crippen LogP contribution in [-0.4, -0.2) is 29.6 Å². The average molecular weight is 405 g/mol. The van der Waals surface area contributed by atoms with Crippen LogP contribution < -0.4 is 16.6 Å². The molecule has 138 valence electrons. The van der Waals surface area contributed by atoms with E-state index in [1.54, 1.807) is 18.2 Å². The van der Waals surface area contributed by atoms with Crippen molar-refractivity contribution in [3.63, 3.8) is 0 Å². The van der Waals surface area contributed by atoms with Gasteiger partial charge < -0.3 is 9.88 Å². The maximum absolute atomic E-state index is 12.4. The molecule has 3 heterocycles. The summed E-state index contributed by atoms with van der Waals surface area (Å²) in [5.74, 6) is -0.365. The highest BCUT2D eigenvalue weighted by atomic mass is 35.5. The zero-order chi connectivity index (χ0) is 19.3. The third-order valence-corrected chi connectivity index (χ3v) is 5.30. The van der Waals surface area contributed by atoms with Gasteiger partial charge in [0.1, 0.15) is 6.54 Å². The Balaban J connectivity index is 1.64. The maximum atomic E-state index is 12.4. The highest BCUT2D eigenvalue weighted by molar-refractivity contribution is 7.22. The molecule has 0 unspecified atom stereocenters. The van der Waals surface area contributed by atoms with E-state index in [9.17, 15) is 14.4 Å². The van der Waals surface area contributed by atoms with Gasteiger partial charge in [0.05, 0.1) is 16.5 Å². The molecule has 0 aliphatic rings. The first-order valence-corrected chi connectivity index (χ1v) is 9.01. The molecule has 0 spiro atoms. The lowest BCUT2D eigenvalue weighted by molar-refractivity contribution is -0.116. The highest BCUT2D eigenvalue weighted by Crippen LogP contribution is 2.28. The van der Waals surface area contributed by atoms with Crippen LogP contribution in [0.5, 0.6) is 0 Å². The smallest absolute Gasteiger partial charge is 0.315 e. The summed E-state index contributed by atoms with van der Waals surface area (Å²) in [5, 5.41) is 3.74. The third kappa shape index (κ3) is 2.92. The summed E-state index contributed by atoms with van der Waals surface area (Å²) in [6, 6.07) is 5.28. The van der Waals surface area contributed by atoms with E-state index in [1.807, 2.05) is 0 Å². The fourth-order valence-corrected chi connectivity index (χ4v) is 3.94. The van der Waals surface area contributed by atoms with Crippen LogP contribution in [0.2, 0.25) is 5.02 Å². The number of thiazole rings is 1. The second-order valence-electron chi connectivity index (χ2n) is 5.93. The Labute approximate surface area is 160 Å². The Morgan fingerprint density at radius 2 is 2.04 bits per heavy atom. The van der Waals surface area contributed by atoms with Gasteiger partial charge in [0.2, 0.25) is 5.91 Å². The van der Waals surface area contributed by atoms with Crippen LogP contribution in [0.1, 0.15) is 0 Å². The Morgan fingerprint density at radius 3 is 2.81 bits per heavy atom. The molecule has 1 N–H and O–H groups in total. The normalized spacial score (nSPS) is 11.4. The van der Waals surface area contributed by atoms with Crippen molar-refractivity contribution in [1.29, 1.82) is 0 Å². The first kappa shape index (κ1) is 17.4. The molecule has 9 nitrogen and oxygen atoms in total. The van der Waals surface area contributed by atoms with E-state index in [0.29, 0.717) is 10.2 Å². The zero-order valence-corrected chi connectivity index (χ0v) is 15.8. The summed E-state index contributed by atoms with van der Waals surface area (Å²) in [4.78, 5) is 45.2. The van der Waals surface area contributed by atoms with Crippen molar-refractivity contribution >= 4 is 55.4 Å². The Kier molecular flexibility index (Phi) is 4.08. The second kappa shape index (κ2) is 6.32. The molecular weight excluding hydrogens is 392 g/mol. The number of imidazole rings is 1. The van der Waals surface area contributed by atoms with Crippen molar-refractivity contribution in [3.8, 4) is 0 Å². The second-order valence-corrected chi connectivity index (χ2v) is 7.40. The minimum Gasteiger partial charge on any atom is -0.315 e. The molecule has 0 saturated heterocycles. The number of benzene rings is 1. The summed E-state index contributed by atoms with van der Waals surface area (Å²) in [6.07, 6.45) is 1.36. The predicted octanol–water partition coefficient (Wildman–Crippen LogP) is 1.34. The fraction of sp³-hybridized carbons (Fsp3) is 0.188. The van der Waals surface area contributed by atoms with E-state index < -0.39 is 11.2 Å². The molecule has 1 aromatic carbocycles. The number of carbonyl (C=O) groups excluding carboxylic acids is 1. The molecule has 0 aliphatic heterocycles. The van der Waals surface area contributed by atoms with Crippen LogP contribution in [0.15, 0.2) is 34.1 Å². The van der Waals surface area contributed by atoms with Gasteiger partial charge in [-0.25, -0.2) is 14.8 Å². The molecule has 4 rings (SSSR count). The number of halogens is 1. The van der Waals surface area contributed by atoms with Crippen molar-refractivity contribution in [2.24, 2.45) is 14.1 Å². The van der Waals surface area contributed by atoms with Crippen molar-refractivity contribution in [2.75, 3.05) is 5.32 Å². The van der Waals surface area contributed by atoms with Crippen LogP contribution in [0.3, 0.4) is 0 Å². The van der Waals surface area contributed by atoms with Gasteiger partial charge in [0, 0.05) is 19.1 Å². The van der Waals surface area contributed by atoms with Crippen LogP contribution in [0.4, 0.5) is 5.13 Å². The lowest BCUT2D eigenvalue weighted by Crippen LogP contribution is -2.37. The van der Waals surface area contributed by atoms with Crippen molar-refractivity contribution in [3.05, 3.63) is 50.4 Å². The number of hydrogen-bond donors (Lipinski definition) is 1. The molecule has 11 heteroatoms. The molecule has 0 fully saturated rings. The number of hydrogen-bond acceptors (Lipinski definition) is 6. The molecule has 3 aromatic heterocycles. The first-order valence-electron chi connectivity index (χ1n) is 7.82.